The molecule has 0 bridgehead atoms. The van der Waals surface area contributed by atoms with Crippen LogP contribution in [0.2, 0.25) is 0 Å². The van der Waals surface area contributed by atoms with E-state index in [0.717, 1.165) is 11.3 Å². The lowest BCUT2D eigenvalue weighted by molar-refractivity contribution is 0.210. The SMILES string of the molecule is CC(c1cccc(NC(=O)O)c1)c1nn(-c2ccccc2)ccc1=O. The summed E-state index contributed by atoms with van der Waals surface area (Å²) in [6.07, 6.45) is 0.505. The zero-order valence-electron chi connectivity index (χ0n) is 13.6. The Labute approximate surface area is 144 Å². The van der Waals surface area contributed by atoms with Crippen LogP contribution in [-0.4, -0.2) is 21.0 Å². The lowest BCUT2D eigenvalue weighted by atomic mass is 9.97. The van der Waals surface area contributed by atoms with Crippen LogP contribution in [0.5, 0.6) is 0 Å². The third kappa shape index (κ3) is 3.74. The van der Waals surface area contributed by atoms with E-state index in [2.05, 4.69) is 10.4 Å². The first-order valence-corrected chi connectivity index (χ1v) is 7.80. The van der Waals surface area contributed by atoms with Gasteiger partial charge in [0.05, 0.1) is 5.69 Å². The summed E-state index contributed by atoms with van der Waals surface area (Å²) in [5.74, 6) is -0.279. The first kappa shape index (κ1) is 16.4. The van der Waals surface area contributed by atoms with Gasteiger partial charge in [-0.15, -0.1) is 0 Å². The molecule has 6 nitrogen and oxygen atoms in total. The number of amides is 1. The molecule has 0 saturated carbocycles. The van der Waals surface area contributed by atoms with Gasteiger partial charge in [0.25, 0.3) is 0 Å². The highest BCUT2D eigenvalue weighted by molar-refractivity contribution is 5.82. The molecule has 2 N–H and O–H groups in total. The van der Waals surface area contributed by atoms with Crippen LogP contribution in [-0.2, 0) is 0 Å². The van der Waals surface area contributed by atoms with Gasteiger partial charge in [-0.05, 0) is 29.8 Å². The maximum absolute atomic E-state index is 12.3. The number of para-hydroxylation sites is 1. The summed E-state index contributed by atoms with van der Waals surface area (Å²) in [6, 6.07) is 18.0. The minimum Gasteiger partial charge on any atom is -0.465 e. The largest absolute Gasteiger partial charge is 0.465 e. The second kappa shape index (κ2) is 7.00. The number of aromatic nitrogens is 2. The van der Waals surface area contributed by atoms with E-state index < -0.39 is 6.09 Å². The third-order valence-corrected chi connectivity index (χ3v) is 3.90. The van der Waals surface area contributed by atoms with Crippen LogP contribution in [0.4, 0.5) is 10.5 Å². The molecule has 1 amide bonds. The summed E-state index contributed by atoms with van der Waals surface area (Å²) in [5.41, 5.74) is 2.37. The van der Waals surface area contributed by atoms with Gasteiger partial charge >= 0.3 is 6.09 Å². The molecule has 3 rings (SSSR count). The van der Waals surface area contributed by atoms with Crippen LogP contribution in [0.1, 0.15) is 24.1 Å². The summed E-state index contributed by atoms with van der Waals surface area (Å²) >= 11 is 0. The topological polar surface area (TPSA) is 84.2 Å². The normalized spacial score (nSPS) is 11.7. The number of carbonyl (C=O) groups is 1. The number of rotatable bonds is 4. The predicted octanol–water partition coefficient (Wildman–Crippen LogP) is 3.47. The van der Waals surface area contributed by atoms with Crippen LogP contribution < -0.4 is 10.7 Å². The second-order valence-corrected chi connectivity index (χ2v) is 5.62. The Morgan fingerprint density at radius 1 is 1.12 bits per heavy atom. The summed E-state index contributed by atoms with van der Waals surface area (Å²) in [6.45, 7) is 1.87. The molecule has 25 heavy (non-hydrogen) atoms. The van der Waals surface area contributed by atoms with Crippen molar-refractivity contribution in [2.45, 2.75) is 12.8 Å². The Balaban J connectivity index is 1.98. The molecular formula is C19H17N3O3. The predicted molar refractivity (Wildman–Crippen MR) is 95.4 cm³/mol. The number of hydrogen-bond acceptors (Lipinski definition) is 3. The van der Waals surface area contributed by atoms with E-state index in [1.54, 1.807) is 29.1 Å². The van der Waals surface area contributed by atoms with Crippen LogP contribution in [0, 0.1) is 0 Å². The van der Waals surface area contributed by atoms with Crippen LogP contribution in [0.25, 0.3) is 5.69 Å². The molecule has 1 atom stereocenters. The highest BCUT2D eigenvalue weighted by Crippen LogP contribution is 2.23. The Bertz CT molecular complexity index is 951. The van der Waals surface area contributed by atoms with Gasteiger partial charge in [0.2, 0.25) is 5.43 Å². The number of hydrogen-bond donors (Lipinski definition) is 2. The average molecular weight is 335 g/mol. The molecule has 126 valence electrons. The lowest BCUT2D eigenvalue weighted by Gasteiger charge is -2.14. The Hall–Kier alpha value is -3.41. The number of anilines is 1. The molecule has 0 spiro atoms. The van der Waals surface area contributed by atoms with Gasteiger partial charge in [-0.1, -0.05) is 37.3 Å². The third-order valence-electron chi connectivity index (χ3n) is 3.90. The average Bonchev–Trinajstić information content (AvgIpc) is 2.62. The molecule has 1 aromatic heterocycles. The summed E-state index contributed by atoms with van der Waals surface area (Å²) in [7, 11) is 0. The first-order valence-electron chi connectivity index (χ1n) is 7.80. The van der Waals surface area contributed by atoms with E-state index in [9.17, 15) is 9.59 Å². The zero-order valence-corrected chi connectivity index (χ0v) is 13.6. The van der Waals surface area contributed by atoms with Crippen molar-refractivity contribution in [2.75, 3.05) is 5.32 Å². The van der Waals surface area contributed by atoms with Crippen molar-refractivity contribution in [1.82, 2.24) is 9.78 Å². The van der Waals surface area contributed by atoms with Gasteiger partial charge in [0.15, 0.2) is 0 Å². The molecule has 0 aliphatic carbocycles. The van der Waals surface area contributed by atoms with Crippen molar-refractivity contribution in [2.24, 2.45) is 0 Å². The molecule has 1 heterocycles. The maximum atomic E-state index is 12.3. The van der Waals surface area contributed by atoms with Gasteiger partial charge in [0.1, 0.15) is 5.69 Å². The van der Waals surface area contributed by atoms with E-state index in [4.69, 9.17) is 5.11 Å². The molecule has 0 radical (unpaired) electrons. The Morgan fingerprint density at radius 3 is 2.60 bits per heavy atom. The lowest BCUT2D eigenvalue weighted by Crippen LogP contribution is -2.19. The molecular weight excluding hydrogens is 318 g/mol. The molecule has 0 fully saturated rings. The molecule has 0 aliphatic rings. The fourth-order valence-electron chi connectivity index (χ4n) is 2.61. The van der Waals surface area contributed by atoms with Crippen molar-refractivity contribution >= 4 is 11.8 Å². The smallest absolute Gasteiger partial charge is 0.409 e. The minimum atomic E-state index is -1.13. The van der Waals surface area contributed by atoms with E-state index in [0.29, 0.717) is 11.4 Å². The molecule has 2 aromatic carbocycles. The van der Waals surface area contributed by atoms with Crippen molar-refractivity contribution in [3.63, 3.8) is 0 Å². The number of nitrogens with zero attached hydrogens (tertiary/aromatic N) is 2. The Morgan fingerprint density at radius 2 is 1.88 bits per heavy atom. The molecule has 3 aromatic rings. The van der Waals surface area contributed by atoms with E-state index >= 15 is 0 Å². The van der Waals surface area contributed by atoms with E-state index in [1.165, 1.54) is 6.07 Å². The fourth-order valence-corrected chi connectivity index (χ4v) is 2.61. The van der Waals surface area contributed by atoms with Crippen LogP contribution in [0.3, 0.4) is 0 Å². The van der Waals surface area contributed by atoms with Gasteiger partial charge in [-0.2, -0.15) is 5.10 Å². The van der Waals surface area contributed by atoms with Crippen LogP contribution >= 0.6 is 0 Å². The standard InChI is InChI=1S/C19H17N3O3/c1-13(14-6-5-7-15(12-14)20-19(24)25)18-17(23)10-11-22(21-18)16-8-3-2-4-9-16/h2-13,20H,1H3,(H,24,25). The fraction of sp³-hybridized carbons (Fsp3) is 0.105. The van der Waals surface area contributed by atoms with Gasteiger partial charge < -0.3 is 5.11 Å². The van der Waals surface area contributed by atoms with E-state index in [1.807, 2.05) is 43.3 Å². The van der Waals surface area contributed by atoms with Crippen molar-refractivity contribution < 1.29 is 9.90 Å². The monoisotopic (exact) mass is 335 g/mol. The van der Waals surface area contributed by atoms with Crippen molar-refractivity contribution in [3.8, 4) is 5.69 Å². The van der Waals surface area contributed by atoms with Gasteiger partial charge in [0, 0.05) is 23.9 Å². The maximum Gasteiger partial charge on any atom is 0.409 e. The number of nitrogens with one attached hydrogen (secondary N) is 1. The number of carboxylic acid groups (broad SMARTS) is 1. The highest BCUT2D eigenvalue weighted by Gasteiger charge is 2.15. The van der Waals surface area contributed by atoms with Crippen molar-refractivity contribution in [1.29, 1.82) is 0 Å². The molecule has 0 saturated heterocycles. The second-order valence-electron chi connectivity index (χ2n) is 5.62. The first-order chi connectivity index (χ1) is 12.0. The van der Waals surface area contributed by atoms with E-state index in [-0.39, 0.29) is 11.3 Å². The minimum absolute atomic E-state index is 0.156. The summed E-state index contributed by atoms with van der Waals surface area (Å²) < 4.78 is 1.66. The summed E-state index contributed by atoms with van der Waals surface area (Å²) in [5, 5.41) is 15.6. The number of benzene rings is 2. The molecule has 6 heteroatoms. The highest BCUT2D eigenvalue weighted by atomic mass is 16.4. The van der Waals surface area contributed by atoms with Crippen molar-refractivity contribution in [3.05, 3.63) is 88.3 Å². The quantitative estimate of drug-likeness (QED) is 0.764. The summed E-state index contributed by atoms with van der Waals surface area (Å²) in [4.78, 5) is 23.1. The Kier molecular flexibility index (Phi) is 4.61. The van der Waals surface area contributed by atoms with Gasteiger partial charge in [-0.25, -0.2) is 9.48 Å². The molecule has 1 unspecified atom stereocenters. The van der Waals surface area contributed by atoms with Crippen LogP contribution in [0.15, 0.2) is 71.7 Å². The van der Waals surface area contributed by atoms with Gasteiger partial charge in [-0.3, -0.25) is 10.1 Å². The molecule has 0 aliphatic heterocycles. The zero-order chi connectivity index (χ0) is 17.8.